The average Bonchev–Trinajstić information content (AvgIpc) is 3.02. The van der Waals surface area contributed by atoms with Crippen LogP contribution in [0.5, 0.6) is 0 Å². The lowest BCUT2D eigenvalue weighted by atomic mass is 9.86. The van der Waals surface area contributed by atoms with Crippen molar-refractivity contribution < 1.29 is 24.2 Å². The van der Waals surface area contributed by atoms with E-state index in [4.69, 9.17) is 4.74 Å². The van der Waals surface area contributed by atoms with Gasteiger partial charge in [-0.25, -0.2) is 4.79 Å². The lowest BCUT2D eigenvalue weighted by Gasteiger charge is -2.37. The summed E-state index contributed by atoms with van der Waals surface area (Å²) in [4.78, 5) is 37.7. The third kappa shape index (κ3) is 4.34. The van der Waals surface area contributed by atoms with Crippen molar-refractivity contribution in [1.82, 2.24) is 20.0 Å². The number of aliphatic hydroxyl groups excluding tert-OH is 1. The number of aryl methyl sites for hydroxylation is 1. The fourth-order valence-electron chi connectivity index (χ4n) is 4.56. The van der Waals surface area contributed by atoms with Crippen LogP contribution in [0.1, 0.15) is 63.1 Å². The van der Waals surface area contributed by atoms with Crippen molar-refractivity contribution in [2.75, 3.05) is 13.1 Å². The molecule has 1 aromatic heterocycles. The predicted molar refractivity (Wildman–Crippen MR) is 117 cm³/mol. The van der Waals surface area contributed by atoms with Gasteiger partial charge < -0.3 is 14.7 Å². The van der Waals surface area contributed by atoms with E-state index in [9.17, 15) is 19.5 Å². The zero-order chi connectivity index (χ0) is 23.2. The molecule has 2 unspecified atom stereocenters. The van der Waals surface area contributed by atoms with Crippen LogP contribution in [-0.2, 0) is 21.4 Å². The third-order valence-corrected chi connectivity index (χ3v) is 6.14. The number of amides is 3. The molecule has 2 fully saturated rings. The van der Waals surface area contributed by atoms with Crippen molar-refractivity contribution in [3.63, 3.8) is 0 Å². The van der Waals surface area contributed by atoms with Crippen molar-refractivity contribution >= 4 is 28.8 Å². The molecule has 3 amide bonds. The highest BCUT2D eigenvalue weighted by Crippen LogP contribution is 2.34. The monoisotopic (exact) mass is 442 g/mol. The third-order valence-electron chi connectivity index (χ3n) is 6.14. The van der Waals surface area contributed by atoms with Crippen LogP contribution in [0.25, 0.3) is 10.9 Å². The predicted octanol–water partition coefficient (Wildman–Crippen LogP) is 2.18. The maximum absolute atomic E-state index is 12.3. The highest BCUT2D eigenvalue weighted by molar-refractivity contribution is 6.02. The molecule has 9 nitrogen and oxygen atoms in total. The first-order valence-corrected chi connectivity index (χ1v) is 11.0. The number of carbonyl (C=O) groups is 3. The van der Waals surface area contributed by atoms with Gasteiger partial charge in [0.15, 0.2) is 0 Å². The summed E-state index contributed by atoms with van der Waals surface area (Å²) >= 11 is 0. The van der Waals surface area contributed by atoms with Gasteiger partial charge >= 0.3 is 6.09 Å². The second-order valence-electron chi connectivity index (χ2n) is 9.68. The Morgan fingerprint density at radius 1 is 1.25 bits per heavy atom. The number of nitrogens with one attached hydrogen (secondary N) is 1. The minimum atomic E-state index is -0.712. The maximum Gasteiger partial charge on any atom is 0.410 e. The summed E-state index contributed by atoms with van der Waals surface area (Å²) in [5.74, 6) is -1.13. The van der Waals surface area contributed by atoms with Crippen LogP contribution in [0.2, 0.25) is 0 Å². The number of aromatic nitrogens is 2. The minimum Gasteiger partial charge on any atom is -0.444 e. The number of rotatable bonds is 2. The molecule has 2 saturated heterocycles. The standard InChI is InChI=1S/C23H30N4O5/c1-23(2,3)32-22(31)27-10-9-14(18(28)12-27)13-5-6-15-17(11-13)26(4)25-20(15)16-7-8-19(29)24-21(16)30/h5-6,11,14,16,18,28H,7-10,12H2,1-4H3,(H,24,29,30)/t14?,16?,18-/m1/s1. The Bertz CT molecular complexity index is 1070. The fourth-order valence-corrected chi connectivity index (χ4v) is 4.56. The summed E-state index contributed by atoms with van der Waals surface area (Å²) in [6.45, 7) is 6.17. The van der Waals surface area contributed by atoms with Crippen LogP contribution >= 0.6 is 0 Å². The second kappa shape index (κ2) is 8.20. The van der Waals surface area contributed by atoms with Crippen molar-refractivity contribution in [3.8, 4) is 0 Å². The number of fused-ring (bicyclic) bond motifs is 1. The van der Waals surface area contributed by atoms with Gasteiger partial charge in [-0.1, -0.05) is 12.1 Å². The molecule has 0 spiro atoms. The van der Waals surface area contributed by atoms with Crippen molar-refractivity contribution in [3.05, 3.63) is 29.5 Å². The Hall–Kier alpha value is -2.94. The topological polar surface area (TPSA) is 114 Å². The highest BCUT2D eigenvalue weighted by Gasteiger charge is 2.35. The number of hydrogen-bond acceptors (Lipinski definition) is 6. The van der Waals surface area contributed by atoms with Crippen molar-refractivity contribution in [2.24, 2.45) is 7.05 Å². The summed E-state index contributed by atoms with van der Waals surface area (Å²) in [6, 6.07) is 5.88. The zero-order valence-electron chi connectivity index (χ0n) is 18.9. The Morgan fingerprint density at radius 2 is 2.00 bits per heavy atom. The van der Waals surface area contributed by atoms with Crippen LogP contribution < -0.4 is 5.32 Å². The number of piperidine rings is 2. The Kier molecular flexibility index (Phi) is 5.70. The van der Waals surface area contributed by atoms with Gasteiger partial charge in [0.1, 0.15) is 5.60 Å². The van der Waals surface area contributed by atoms with Crippen LogP contribution in [0, 0.1) is 0 Å². The molecule has 1 aromatic carbocycles. The number of likely N-dealkylation sites (tertiary alicyclic amines) is 1. The number of carbonyl (C=O) groups excluding carboxylic acids is 3. The van der Waals surface area contributed by atoms with E-state index in [1.165, 1.54) is 0 Å². The van der Waals surface area contributed by atoms with Gasteiger partial charge in [0.05, 0.1) is 29.8 Å². The van der Waals surface area contributed by atoms with E-state index in [1.807, 2.05) is 46.0 Å². The molecule has 9 heteroatoms. The summed E-state index contributed by atoms with van der Waals surface area (Å²) in [6.07, 6.45) is 0.238. The Labute approximate surface area is 186 Å². The molecule has 4 rings (SSSR count). The first-order chi connectivity index (χ1) is 15.0. The summed E-state index contributed by atoms with van der Waals surface area (Å²) in [7, 11) is 1.82. The molecule has 2 aliphatic heterocycles. The highest BCUT2D eigenvalue weighted by atomic mass is 16.6. The van der Waals surface area contributed by atoms with Crippen molar-refractivity contribution in [1.29, 1.82) is 0 Å². The van der Waals surface area contributed by atoms with Gasteiger partial charge in [-0.3, -0.25) is 19.6 Å². The lowest BCUT2D eigenvalue weighted by Crippen LogP contribution is -2.47. The Balaban J connectivity index is 1.54. The van der Waals surface area contributed by atoms with Crippen LogP contribution in [0.4, 0.5) is 4.79 Å². The number of hydrogen-bond donors (Lipinski definition) is 2. The molecule has 2 N–H and O–H groups in total. The number of aliphatic hydroxyl groups is 1. The van der Waals surface area contributed by atoms with Gasteiger partial charge in [0.2, 0.25) is 11.8 Å². The van der Waals surface area contributed by atoms with E-state index < -0.39 is 23.7 Å². The summed E-state index contributed by atoms with van der Waals surface area (Å²) in [5, 5.41) is 18.6. The quantitative estimate of drug-likeness (QED) is 0.689. The van der Waals surface area contributed by atoms with E-state index in [0.717, 1.165) is 16.5 Å². The fraction of sp³-hybridized carbons (Fsp3) is 0.565. The van der Waals surface area contributed by atoms with E-state index in [1.54, 1.807) is 9.58 Å². The minimum absolute atomic E-state index is 0.118. The van der Waals surface area contributed by atoms with Crippen LogP contribution in [-0.4, -0.2) is 62.5 Å². The van der Waals surface area contributed by atoms with Gasteiger partial charge in [0.25, 0.3) is 0 Å². The lowest BCUT2D eigenvalue weighted by molar-refractivity contribution is -0.134. The number of nitrogens with zero attached hydrogens (tertiary/aromatic N) is 3. The molecule has 2 aromatic rings. The molecule has 32 heavy (non-hydrogen) atoms. The normalized spacial score (nSPS) is 24.5. The largest absolute Gasteiger partial charge is 0.444 e. The zero-order valence-corrected chi connectivity index (χ0v) is 18.9. The van der Waals surface area contributed by atoms with E-state index in [0.29, 0.717) is 31.5 Å². The SMILES string of the molecule is Cn1nc(C2CCC(=O)NC2=O)c2ccc(C3CCN(C(=O)OC(C)(C)C)C[C@H]3O)cc21. The molecule has 172 valence electrons. The molecule has 3 heterocycles. The average molecular weight is 443 g/mol. The second-order valence-corrected chi connectivity index (χ2v) is 9.68. The molecule has 3 atom stereocenters. The number of ether oxygens (including phenoxy) is 1. The first kappa shape index (κ1) is 22.3. The molecular formula is C23H30N4O5. The Morgan fingerprint density at radius 3 is 2.66 bits per heavy atom. The number of β-amino-alcohol motifs (C(OH)–C–C–N with tert-alkyl or cyclic N) is 1. The molecule has 0 aliphatic carbocycles. The number of imide groups is 1. The number of benzene rings is 1. The van der Waals surface area contributed by atoms with Gasteiger partial charge in [-0.05, 0) is 45.2 Å². The summed E-state index contributed by atoms with van der Waals surface area (Å²) in [5.41, 5.74) is 1.92. The van der Waals surface area contributed by atoms with Crippen molar-refractivity contribution in [2.45, 2.75) is 63.6 Å². The molecular weight excluding hydrogens is 412 g/mol. The van der Waals surface area contributed by atoms with E-state index >= 15 is 0 Å². The summed E-state index contributed by atoms with van der Waals surface area (Å²) < 4.78 is 7.16. The molecule has 0 saturated carbocycles. The molecule has 2 aliphatic rings. The van der Waals surface area contributed by atoms with Gasteiger partial charge in [-0.15, -0.1) is 0 Å². The maximum atomic E-state index is 12.3. The van der Waals surface area contributed by atoms with E-state index in [-0.39, 0.29) is 24.3 Å². The van der Waals surface area contributed by atoms with E-state index in [2.05, 4.69) is 10.4 Å². The van der Waals surface area contributed by atoms with Gasteiger partial charge in [0, 0.05) is 31.3 Å². The molecule has 0 radical (unpaired) electrons. The van der Waals surface area contributed by atoms with Gasteiger partial charge in [-0.2, -0.15) is 5.10 Å². The van der Waals surface area contributed by atoms with Crippen LogP contribution in [0.15, 0.2) is 18.2 Å². The van der Waals surface area contributed by atoms with Crippen LogP contribution in [0.3, 0.4) is 0 Å². The smallest absolute Gasteiger partial charge is 0.410 e. The molecule has 0 bridgehead atoms. The first-order valence-electron chi connectivity index (χ1n) is 11.0.